The van der Waals surface area contributed by atoms with E-state index in [1.165, 1.54) is 82.7 Å². The molecule has 0 N–H and O–H groups in total. The van der Waals surface area contributed by atoms with Crippen molar-refractivity contribution in [3.8, 4) is 77.9 Å². The van der Waals surface area contributed by atoms with Crippen molar-refractivity contribution in [3.63, 3.8) is 0 Å². The summed E-state index contributed by atoms with van der Waals surface area (Å²) in [7, 11) is 0. The number of rotatable bonds is 10. The van der Waals surface area contributed by atoms with Gasteiger partial charge in [0, 0.05) is 16.9 Å². The predicted molar refractivity (Wildman–Crippen MR) is 294 cm³/mol. The molecule has 12 aromatic carbocycles. The normalized spacial score (nSPS) is 11.2. The van der Waals surface area contributed by atoms with Crippen LogP contribution in [0.25, 0.3) is 99.4 Å². The van der Waals surface area contributed by atoms with Gasteiger partial charge in [-0.1, -0.05) is 249 Å². The van der Waals surface area contributed by atoms with Crippen LogP contribution >= 0.6 is 0 Å². The number of benzene rings is 12. The van der Waals surface area contributed by atoms with E-state index in [-0.39, 0.29) is 0 Å². The molecule has 0 heterocycles. The van der Waals surface area contributed by atoms with Crippen LogP contribution in [0, 0.1) is 0 Å². The molecule has 0 aromatic heterocycles. The highest BCUT2D eigenvalue weighted by Gasteiger charge is 2.22. The topological polar surface area (TPSA) is 3.24 Å². The summed E-state index contributed by atoms with van der Waals surface area (Å²) in [5, 5.41) is 4.98. The van der Waals surface area contributed by atoms with Crippen LogP contribution in [0.2, 0.25) is 0 Å². The maximum absolute atomic E-state index is 2.42. The number of fused-ring (bicyclic) bond motifs is 3. The molecule has 0 aliphatic carbocycles. The van der Waals surface area contributed by atoms with Gasteiger partial charge in [0.1, 0.15) is 0 Å². The number of nitrogens with zero attached hydrogens (tertiary/aromatic N) is 1. The Morgan fingerprint density at radius 2 is 0.551 bits per heavy atom. The van der Waals surface area contributed by atoms with E-state index in [4.69, 9.17) is 0 Å². The van der Waals surface area contributed by atoms with Crippen molar-refractivity contribution in [3.05, 3.63) is 285 Å². The molecule has 324 valence electrons. The summed E-state index contributed by atoms with van der Waals surface area (Å²) in [6.07, 6.45) is 0. The summed E-state index contributed by atoms with van der Waals surface area (Å²) >= 11 is 0. The lowest BCUT2D eigenvalue weighted by Gasteiger charge is -2.29. The third-order valence-electron chi connectivity index (χ3n) is 13.5. The third kappa shape index (κ3) is 7.97. The van der Waals surface area contributed by atoms with Crippen molar-refractivity contribution in [1.29, 1.82) is 0 Å². The van der Waals surface area contributed by atoms with Gasteiger partial charge in [0.25, 0.3) is 0 Å². The maximum Gasteiger partial charge on any atom is 0.0540 e. The van der Waals surface area contributed by atoms with Crippen LogP contribution in [0.15, 0.2) is 285 Å². The number of hydrogen-bond acceptors (Lipinski definition) is 1. The van der Waals surface area contributed by atoms with Crippen LogP contribution in [-0.4, -0.2) is 0 Å². The highest BCUT2D eigenvalue weighted by molar-refractivity contribution is 6.25. The van der Waals surface area contributed by atoms with E-state index < -0.39 is 0 Å². The first-order chi connectivity index (χ1) is 34.2. The molecule has 0 unspecified atom stereocenters. The molecular weight excluding hydrogens is 831 g/mol. The fourth-order valence-electron chi connectivity index (χ4n) is 10.2. The van der Waals surface area contributed by atoms with E-state index in [2.05, 4.69) is 290 Å². The van der Waals surface area contributed by atoms with Crippen molar-refractivity contribution in [1.82, 2.24) is 0 Å². The first-order valence-corrected chi connectivity index (χ1v) is 23.7. The molecule has 0 saturated carbocycles. The Balaban J connectivity index is 1.01. The van der Waals surface area contributed by atoms with E-state index in [1.807, 2.05) is 0 Å². The summed E-state index contributed by atoms with van der Waals surface area (Å²) in [5.74, 6) is 0. The molecule has 0 amide bonds. The van der Waals surface area contributed by atoms with Crippen LogP contribution in [0.5, 0.6) is 0 Å². The van der Waals surface area contributed by atoms with Crippen molar-refractivity contribution < 1.29 is 0 Å². The molecule has 1 nitrogen and oxygen atoms in total. The Labute approximate surface area is 404 Å². The first kappa shape index (κ1) is 41.4. The standard InChI is InChI=1S/C68H47N/c1-6-19-48(20-7-1)50-33-35-51(36-34-50)52-37-42-58(43-38-52)69(65-46-41-57(49-21-8-2-9-22-49)47-64(65)53-23-10-3-11-24-53)59-44-39-54(40-45-59)60-31-18-32-63-67(56-27-14-5-15-28-56)66(55-25-12-4-13-26-55)61-29-16-17-30-62(61)68(60)63/h1-47H. The molecule has 0 bridgehead atoms. The summed E-state index contributed by atoms with van der Waals surface area (Å²) in [5.41, 5.74) is 20.0. The molecule has 12 rings (SSSR count). The van der Waals surface area contributed by atoms with Gasteiger partial charge in [0.2, 0.25) is 0 Å². The minimum Gasteiger partial charge on any atom is -0.310 e. The lowest BCUT2D eigenvalue weighted by Crippen LogP contribution is -2.11. The van der Waals surface area contributed by atoms with E-state index in [0.717, 1.165) is 33.8 Å². The molecule has 0 radical (unpaired) electrons. The molecule has 0 saturated heterocycles. The minimum atomic E-state index is 1.07. The van der Waals surface area contributed by atoms with Crippen LogP contribution in [0.1, 0.15) is 0 Å². The van der Waals surface area contributed by atoms with Crippen molar-refractivity contribution in [2.24, 2.45) is 0 Å². The molecular formula is C68H47N. The molecule has 0 fully saturated rings. The van der Waals surface area contributed by atoms with Crippen LogP contribution in [0.3, 0.4) is 0 Å². The fourth-order valence-corrected chi connectivity index (χ4v) is 10.2. The highest BCUT2D eigenvalue weighted by Crippen LogP contribution is 2.48. The molecule has 0 aliphatic rings. The molecule has 0 atom stereocenters. The molecule has 0 aliphatic heterocycles. The Kier molecular flexibility index (Phi) is 11.0. The largest absolute Gasteiger partial charge is 0.310 e. The highest BCUT2D eigenvalue weighted by atomic mass is 15.1. The molecule has 1 heteroatoms. The average molecular weight is 878 g/mol. The molecule has 0 spiro atoms. The second-order valence-corrected chi connectivity index (χ2v) is 17.6. The van der Waals surface area contributed by atoms with Gasteiger partial charge in [-0.05, 0) is 130 Å². The first-order valence-electron chi connectivity index (χ1n) is 23.7. The lowest BCUT2D eigenvalue weighted by atomic mass is 9.83. The van der Waals surface area contributed by atoms with Crippen molar-refractivity contribution in [2.75, 3.05) is 4.90 Å². The van der Waals surface area contributed by atoms with Crippen LogP contribution < -0.4 is 4.90 Å². The Morgan fingerprint density at radius 1 is 0.203 bits per heavy atom. The molecule has 12 aromatic rings. The van der Waals surface area contributed by atoms with Gasteiger partial charge in [0.15, 0.2) is 0 Å². The van der Waals surface area contributed by atoms with E-state index in [1.54, 1.807) is 0 Å². The van der Waals surface area contributed by atoms with Gasteiger partial charge < -0.3 is 4.90 Å². The van der Waals surface area contributed by atoms with E-state index in [0.29, 0.717) is 0 Å². The van der Waals surface area contributed by atoms with Gasteiger partial charge in [-0.15, -0.1) is 0 Å². The van der Waals surface area contributed by atoms with E-state index >= 15 is 0 Å². The predicted octanol–water partition coefficient (Wildman–Crippen LogP) is 19.1. The zero-order valence-corrected chi connectivity index (χ0v) is 38.1. The van der Waals surface area contributed by atoms with Gasteiger partial charge >= 0.3 is 0 Å². The van der Waals surface area contributed by atoms with Crippen LogP contribution in [0.4, 0.5) is 17.1 Å². The second kappa shape index (κ2) is 18.3. The zero-order valence-electron chi connectivity index (χ0n) is 38.1. The van der Waals surface area contributed by atoms with Gasteiger partial charge in [-0.2, -0.15) is 0 Å². The Hall–Kier alpha value is -9.04. The summed E-state index contributed by atoms with van der Waals surface area (Å²) in [4.78, 5) is 2.42. The fraction of sp³-hybridized carbons (Fsp3) is 0. The molecule has 69 heavy (non-hydrogen) atoms. The zero-order chi connectivity index (χ0) is 45.9. The summed E-state index contributed by atoms with van der Waals surface area (Å²) in [6.45, 7) is 0. The van der Waals surface area contributed by atoms with Gasteiger partial charge in [-0.3, -0.25) is 0 Å². The second-order valence-electron chi connectivity index (χ2n) is 17.6. The third-order valence-corrected chi connectivity index (χ3v) is 13.5. The maximum atomic E-state index is 2.42. The Morgan fingerprint density at radius 3 is 1.07 bits per heavy atom. The lowest BCUT2D eigenvalue weighted by molar-refractivity contribution is 1.28. The SMILES string of the molecule is c1ccc(-c2ccc(-c3ccc(N(c4ccc(-c5cccc6c(-c7ccccc7)c(-c7ccccc7)c7ccccc7c56)cc4)c4ccc(-c5ccccc5)cc4-c4ccccc4)cc3)cc2)cc1. The van der Waals surface area contributed by atoms with Crippen LogP contribution in [-0.2, 0) is 0 Å². The van der Waals surface area contributed by atoms with Gasteiger partial charge in [-0.25, -0.2) is 0 Å². The number of hydrogen-bond donors (Lipinski definition) is 0. The number of anilines is 3. The van der Waals surface area contributed by atoms with Crippen molar-refractivity contribution in [2.45, 2.75) is 0 Å². The summed E-state index contributed by atoms with van der Waals surface area (Å²) < 4.78 is 0. The van der Waals surface area contributed by atoms with Gasteiger partial charge in [0.05, 0.1) is 5.69 Å². The Bertz CT molecular complexity index is 3700. The average Bonchev–Trinajstić information content (AvgIpc) is 3.44. The van der Waals surface area contributed by atoms with Crippen molar-refractivity contribution >= 4 is 38.6 Å². The smallest absolute Gasteiger partial charge is 0.0540 e. The quantitative estimate of drug-likeness (QED) is 0.124. The van der Waals surface area contributed by atoms with E-state index in [9.17, 15) is 0 Å². The minimum absolute atomic E-state index is 1.07. The monoisotopic (exact) mass is 877 g/mol. The summed E-state index contributed by atoms with van der Waals surface area (Å²) in [6, 6.07) is 104.